The van der Waals surface area contributed by atoms with Crippen molar-refractivity contribution in [1.29, 1.82) is 0 Å². The predicted octanol–water partition coefficient (Wildman–Crippen LogP) is 13.0. The lowest BCUT2D eigenvalue weighted by Crippen LogP contribution is -2.08. The summed E-state index contributed by atoms with van der Waals surface area (Å²) in [5.41, 5.74) is 17.6. The highest BCUT2D eigenvalue weighted by molar-refractivity contribution is 6.09. The maximum atomic E-state index is 4.35. The first-order valence-electron chi connectivity index (χ1n) is 18.8. The number of nitrogens with one attached hydrogen (secondary N) is 1. The first-order valence-corrected chi connectivity index (χ1v) is 18.8. The fraction of sp³-hybridized carbons (Fsp3) is 0.0192. The Labute approximate surface area is 321 Å². The van der Waals surface area contributed by atoms with Gasteiger partial charge in [-0.15, -0.1) is 0 Å². The van der Waals surface area contributed by atoms with Gasteiger partial charge in [0, 0.05) is 47.2 Å². The van der Waals surface area contributed by atoms with E-state index in [-0.39, 0.29) is 0 Å². The third-order valence-corrected chi connectivity index (χ3v) is 10.7. The zero-order chi connectivity index (χ0) is 36.6. The summed E-state index contributed by atoms with van der Waals surface area (Å²) in [4.78, 5) is 4.35. The van der Waals surface area contributed by atoms with E-state index in [9.17, 15) is 0 Å². The average molecular weight is 704 g/mol. The number of rotatable bonds is 7. The molecule has 3 heteroatoms. The molecule has 1 N–H and O–H groups in total. The van der Waals surface area contributed by atoms with Crippen LogP contribution in [0.1, 0.15) is 5.56 Å². The van der Waals surface area contributed by atoms with Gasteiger partial charge in [0.1, 0.15) is 0 Å². The predicted molar refractivity (Wildman–Crippen MR) is 231 cm³/mol. The van der Waals surface area contributed by atoms with Gasteiger partial charge in [-0.25, -0.2) is 0 Å². The summed E-state index contributed by atoms with van der Waals surface area (Å²) in [6.45, 7) is 0.866. The number of hydrogen-bond donors (Lipinski definition) is 1. The molecular weight excluding hydrogens is 667 g/mol. The summed E-state index contributed by atoms with van der Waals surface area (Å²) < 4.78 is 2.42. The number of allylic oxidation sites excluding steroid dienone is 2. The number of para-hydroxylation sites is 2. The van der Waals surface area contributed by atoms with Crippen LogP contribution in [0.3, 0.4) is 0 Å². The monoisotopic (exact) mass is 703 g/mol. The quantitative estimate of drug-likeness (QED) is 0.179. The minimum absolute atomic E-state index is 0.866. The Morgan fingerprint density at radius 3 is 1.38 bits per heavy atom. The summed E-state index contributed by atoms with van der Waals surface area (Å²) in [5.74, 6) is 0. The zero-order valence-corrected chi connectivity index (χ0v) is 30.2. The molecule has 3 heterocycles. The number of hydrogen-bond acceptors (Lipinski definition) is 2. The van der Waals surface area contributed by atoms with Crippen molar-refractivity contribution in [2.45, 2.75) is 0 Å². The summed E-state index contributed by atoms with van der Waals surface area (Å²) in [6, 6.07) is 64.1. The highest BCUT2D eigenvalue weighted by Crippen LogP contribution is 2.38. The van der Waals surface area contributed by atoms with E-state index in [0.717, 1.165) is 28.9 Å². The maximum Gasteiger partial charge on any atom is 0.0541 e. The number of nitrogens with zero attached hydrogens (tertiary/aromatic N) is 2. The molecule has 0 fully saturated rings. The topological polar surface area (TPSA) is 29.9 Å². The van der Waals surface area contributed by atoms with E-state index in [0.29, 0.717) is 0 Å². The number of fused-ring (bicyclic) bond motifs is 3. The van der Waals surface area contributed by atoms with Crippen molar-refractivity contribution >= 4 is 27.4 Å². The van der Waals surface area contributed by atoms with Gasteiger partial charge < -0.3 is 9.88 Å². The van der Waals surface area contributed by atoms with Crippen LogP contribution in [0.4, 0.5) is 0 Å². The minimum atomic E-state index is 0.866. The van der Waals surface area contributed by atoms with Crippen LogP contribution < -0.4 is 5.32 Å². The Morgan fingerprint density at radius 2 is 0.873 bits per heavy atom. The van der Waals surface area contributed by atoms with Gasteiger partial charge in [0.2, 0.25) is 0 Å². The van der Waals surface area contributed by atoms with Gasteiger partial charge in [-0.3, -0.25) is 4.98 Å². The van der Waals surface area contributed by atoms with E-state index in [1.54, 1.807) is 0 Å². The zero-order valence-electron chi connectivity index (χ0n) is 30.2. The summed E-state index contributed by atoms with van der Waals surface area (Å²) >= 11 is 0. The second-order valence-electron chi connectivity index (χ2n) is 14.1. The molecule has 0 saturated heterocycles. The first-order chi connectivity index (χ1) is 27.2. The Hall–Kier alpha value is -7.23. The highest BCUT2D eigenvalue weighted by atomic mass is 15.0. The molecule has 0 atom stereocenters. The van der Waals surface area contributed by atoms with E-state index in [1.807, 2.05) is 18.5 Å². The van der Waals surface area contributed by atoms with Crippen molar-refractivity contribution in [2.24, 2.45) is 0 Å². The van der Waals surface area contributed by atoms with E-state index >= 15 is 0 Å². The van der Waals surface area contributed by atoms with E-state index in [4.69, 9.17) is 0 Å². The molecule has 1 aliphatic rings. The molecule has 10 rings (SSSR count). The molecule has 0 aliphatic carbocycles. The van der Waals surface area contributed by atoms with E-state index in [2.05, 4.69) is 203 Å². The molecule has 0 spiro atoms. The second-order valence-corrected chi connectivity index (χ2v) is 14.1. The Balaban J connectivity index is 1.13. The molecule has 2 aromatic heterocycles. The lowest BCUT2D eigenvalue weighted by molar-refractivity contribution is 0.976. The number of aromatic nitrogens is 2. The molecule has 0 radical (unpaired) electrons. The standard InChI is InChI=1S/C52H37N3/c1-3-23-51-49(21-1)50-22-2-4-24-52(50)55(51)48-32-46(42-17-7-13-38(29-42)36-11-5-15-40(27-36)44-19-9-25-53-34-44)31-47(33-48)43-18-8-14-39(30-43)37-12-6-16-41(28-37)45-20-10-26-54-35-45/h1-25,27-35,54H,26H2. The Morgan fingerprint density at radius 1 is 0.418 bits per heavy atom. The van der Waals surface area contributed by atoms with Gasteiger partial charge in [0.15, 0.2) is 0 Å². The van der Waals surface area contributed by atoms with Crippen molar-refractivity contribution in [3.63, 3.8) is 0 Å². The molecule has 7 aromatic carbocycles. The van der Waals surface area contributed by atoms with Crippen LogP contribution in [0, 0.1) is 0 Å². The third-order valence-electron chi connectivity index (χ3n) is 10.7. The summed E-state index contributed by atoms with van der Waals surface area (Å²) in [5, 5.41) is 5.85. The lowest BCUT2D eigenvalue weighted by atomic mass is 9.93. The molecule has 0 saturated carbocycles. The first kappa shape index (κ1) is 32.4. The van der Waals surface area contributed by atoms with Crippen molar-refractivity contribution in [1.82, 2.24) is 14.9 Å². The fourth-order valence-electron chi connectivity index (χ4n) is 7.97. The normalized spacial score (nSPS) is 12.5. The molecule has 9 aromatic rings. The maximum absolute atomic E-state index is 4.35. The van der Waals surface area contributed by atoms with Crippen molar-refractivity contribution in [2.75, 3.05) is 6.54 Å². The van der Waals surface area contributed by atoms with Gasteiger partial charge in [0.05, 0.1) is 11.0 Å². The van der Waals surface area contributed by atoms with Crippen molar-refractivity contribution in [3.05, 3.63) is 212 Å². The van der Waals surface area contributed by atoms with Crippen LogP contribution in [0.25, 0.3) is 88.7 Å². The minimum Gasteiger partial charge on any atom is -0.387 e. The fourth-order valence-corrected chi connectivity index (χ4v) is 7.97. The molecule has 0 unspecified atom stereocenters. The smallest absolute Gasteiger partial charge is 0.0541 e. The molecule has 55 heavy (non-hydrogen) atoms. The molecular formula is C52H37N3. The van der Waals surface area contributed by atoms with Crippen LogP contribution in [-0.2, 0) is 0 Å². The van der Waals surface area contributed by atoms with Crippen LogP contribution in [0.5, 0.6) is 0 Å². The van der Waals surface area contributed by atoms with Crippen molar-refractivity contribution < 1.29 is 0 Å². The average Bonchev–Trinajstić information content (AvgIpc) is 3.61. The van der Waals surface area contributed by atoms with Crippen LogP contribution in [0.15, 0.2) is 207 Å². The molecule has 0 bridgehead atoms. The van der Waals surface area contributed by atoms with Crippen LogP contribution in [-0.4, -0.2) is 16.1 Å². The van der Waals surface area contributed by atoms with Crippen LogP contribution in [0.2, 0.25) is 0 Å². The Kier molecular flexibility index (Phi) is 8.23. The summed E-state index contributed by atoms with van der Waals surface area (Å²) in [6.07, 6.45) is 10.2. The van der Waals surface area contributed by atoms with Gasteiger partial charge >= 0.3 is 0 Å². The molecule has 3 nitrogen and oxygen atoms in total. The SMILES string of the molecule is C1=CC(c2cccc(-c3cccc(-c4cc(-c5cccc(-c6cccc(-c7cccnc7)c6)c5)cc(-n5c6ccccc6c6ccccc65)c4)c3)c2)=CNC1. The largest absolute Gasteiger partial charge is 0.387 e. The molecule has 260 valence electrons. The number of benzene rings is 7. The number of dihydropyridines is 1. The van der Waals surface area contributed by atoms with E-state index < -0.39 is 0 Å². The summed E-state index contributed by atoms with van der Waals surface area (Å²) in [7, 11) is 0. The lowest BCUT2D eigenvalue weighted by Gasteiger charge is -2.15. The van der Waals surface area contributed by atoms with Crippen molar-refractivity contribution in [3.8, 4) is 61.3 Å². The highest BCUT2D eigenvalue weighted by Gasteiger charge is 2.15. The Bertz CT molecular complexity index is 2880. The number of pyridine rings is 1. The van der Waals surface area contributed by atoms with Gasteiger partial charge in [0.25, 0.3) is 0 Å². The third kappa shape index (κ3) is 6.22. The van der Waals surface area contributed by atoms with E-state index in [1.165, 1.54) is 71.9 Å². The van der Waals surface area contributed by atoms with Gasteiger partial charge in [-0.2, -0.15) is 0 Å². The second kappa shape index (κ2) is 14.0. The van der Waals surface area contributed by atoms with Gasteiger partial charge in [-0.1, -0.05) is 127 Å². The molecule has 1 aliphatic heterocycles. The van der Waals surface area contributed by atoms with Gasteiger partial charge in [-0.05, 0) is 122 Å². The molecule has 0 amide bonds. The van der Waals surface area contributed by atoms with Crippen LogP contribution >= 0.6 is 0 Å².